The molecule has 0 aliphatic rings. The minimum absolute atomic E-state index is 0.469. The highest BCUT2D eigenvalue weighted by Gasteiger charge is 2.14. The van der Waals surface area contributed by atoms with Gasteiger partial charge in [-0.05, 0) is 11.8 Å². The van der Waals surface area contributed by atoms with E-state index in [-0.39, 0.29) is 0 Å². The molecule has 0 aliphatic heterocycles. The van der Waals surface area contributed by atoms with Crippen molar-refractivity contribution in [3.63, 3.8) is 0 Å². The molecule has 0 fully saturated rings. The van der Waals surface area contributed by atoms with Crippen LogP contribution in [0.25, 0.3) is 0 Å². The first-order valence-corrected chi connectivity index (χ1v) is 4.75. The van der Waals surface area contributed by atoms with Crippen LogP contribution in [-0.2, 0) is 9.53 Å². The van der Waals surface area contributed by atoms with E-state index >= 15 is 0 Å². The van der Waals surface area contributed by atoms with Gasteiger partial charge in [0.2, 0.25) is 0 Å². The van der Waals surface area contributed by atoms with Gasteiger partial charge in [-0.1, -0.05) is 40.0 Å². The van der Waals surface area contributed by atoms with E-state index in [1.807, 2.05) is 0 Å². The summed E-state index contributed by atoms with van der Waals surface area (Å²) in [5.74, 6) is 1.15. The molecule has 0 saturated heterocycles. The van der Waals surface area contributed by atoms with E-state index in [0.29, 0.717) is 18.4 Å². The van der Waals surface area contributed by atoms with Crippen LogP contribution in [0.2, 0.25) is 0 Å². The van der Waals surface area contributed by atoms with E-state index < -0.39 is 0 Å². The lowest BCUT2D eigenvalue weighted by Crippen LogP contribution is -2.16. The summed E-state index contributed by atoms with van der Waals surface area (Å²) >= 11 is 0. The second kappa shape index (κ2) is 7.14. The van der Waals surface area contributed by atoms with Crippen molar-refractivity contribution in [1.29, 1.82) is 0 Å². The highest BCUT2D eigenvalue weighted by molar-refractivity contribution is 5.38. The van der Waals surface area contributed by atoms with Crippen molar-refractivity contribution < 1.29 is 9.53 Å². The average Bonchev–Trinajstić information content (AvgIpc) is 2.10. The third-order valence-corrected chi connectivity index (χ3v) is 2.39. The topological polar surface area (TPSA) is 26.3 Å². The van der Waals surface area contributed by atoms with Gasteiger partial charge in [0.25, 0.3) is 0 Å². The van der Waals surface area contributed by atoms with E-state index in [2.05, 4.69) is 25.5 Å². The van der Waals surface area contributed by atoms with Gasteiger partial charge in [-0.3, -0.25) is 0 Å². The zero-order chi connectivity index (χ0) is 9.40. The molecule has 0 N–H and O–H groups in total. The molecule has 2 atom stereocenters. The van der Waals surface area contributed by atoms with Gasteiger partial charge in [-0.25, -0.2) is 4.79 Å². The molecule has 0 aromatic heterocycles. The Labute approximate surface area is 75.3 Å². The zero-order valence-electron chi connectivity index (χ0n) is 8.30. The largest absolute Gasteiger partial charge is 0.457 e. The maximum atomic E-state index is 9.83. The molecule has 1 radical (unpaired) electrons. The van der Waals surface area contributed by atoms with Gasteiger partial charge < -0.3 is 4.74 Å². The highest BCUT2D eigenvalue weighted by Crippen LogP contribution is 2.20. The van der Waals surface area contributed by atoms with Crippen LogP contribution in [0.5, 0.6) is 0 Å². The quantitative estimate of drug-likeness (QED) is 0.588. The molecule has 2 nitrogen and oxygen atoms in total. The predicted octanol–water partition coefficient (Wildman–Crippen LogP) is 2.53. The van der Waals surface area contributed by atoms with Gasteiger partial charge >= 0.3 is 6.47 Å². The Morgan fingerprint density at radius 1 is 1.42 bits per heavy atom. The SMILES string of the molecule is CCCC(CC)C(C)CO[C]=O. The summed E-state index contributed by atoms with van der Waals surface area (Å²) in [6.07, 6.45) is 3.59. The van der Waals surface area contributed by atoms with Crippen molar-refractivity contribution in [1.82, 2.24) is 0 Å². The van der Waals surface area contributed by atoms with E-state index in [0.717, 1.165) is 6.42 Å². The summed E-state index contributed by atoms with van der Waals surface area (Å²) in [7, 11) is 0. The van der Waals surface area contributed by atoms with E-state index in [1.54, 1.807) is 0 Å². The van der Waals surface area contributed by atoms with Crippen LogP contribution in [0.3, 0.4) is 0 Å². The van der Waals surface area contributed by atoms with Gasteiger partial charge in [0, 0.05) is 0 Å². The van der Waals surface area contributed by atoms with E-state index in [9.17, 15) is 4.79 Å². The third-order valence-electron chi connectivity index (χ3n) is 2.39. The van der Waals surface area contributed by atoms with Crippen LogP contribution in [0.1, 0.15) is 40.0 Å². The molecule has 0 aromatic rings. The minimum atomic E-state index is 0.469. The molecular formula is C10H19O2. The normalized spacial score (nSPS) is 15.2. The predicted molar refractivity (Wildman–Crippen MR) is 49.5 cm³/mol. The van der Waals surface area contributed by atoms with Crippen LogP contribution in [0, 0.1) is 11.8 Å². The molecule has 0 amide bonds. The monoisotopic (exact) mass is 171 g/mol. The lowest BCUT2D eigenvalue weighted by molar-refractivity contribution is 0.179. The molecule has 2 unspecified atom stereocenters. The summed E-state index contributed by atoms with van der Waals surface area (Å²) < 4.78 is 4.62. The maximum absolute atomic E-state index is 9.83. The summed E-state index contributed by atoms with van der Waals surface area (Å²) in [6.45, 7) is 8.48. The Bertz CT molecular complexity index is 112. The Morgan fingerprint density at radius 3 is 2.50 bits per heavy atom. The lowest BCUT2D eigenvalue weighted by atomic mass is 9.88. The van der Waals surface area contributed by atoms with Crippen LogP contribution >= 0.6 is 0 Å². The molecule has 0 spiro atoms. The van der Waals surface area contributed by atoms with Crippen molar-refractivity contribution in [2.24, 2.45) is 11.8 Å². The number of rotatable bonds is 7. The number of ether oxygens (including phenoxy) is 1. The summed E-state index contributed by atoms with van der Waals surface area (Å²) in [4.78, 5) is 9.83. The summed E-state index contributed by atoms with van der Waals surface area (Å²) in [5.41, 5.74) is 0. The minimum Gasteiger partial charge on any atom is -0.457 e. The second-order valence-electron chi connectivity index (χ2n) is 3.33. The maximum Gasteiger partial charge on any atom is 0.417 e. The molecule has 71 valence electrons. The van der Waals surface area contributed by atoms with E-state index in [1.165, 1.54) is 19.3 Å². The molecule has 2 heteroatoms. The van der Waals surface area contributed by atoms with Crippen molar-refractivity contribution in [3.05, 3.63) is 0 Å². The fourth-order valence-corrected chi connectivity index (χ4v) is 1.56. The first-order chi connectivity index (χ1) is 5.76. The van der Waals surface area contributed by atoms with Gasteiger partial charge in [-0.2, -0.15) is 0 Å². The Hall–Kier alpha value is -0.530. The fourth-order valence-electron chi connectivity index (χ4n) is 1.56. The molecule has 12 heavy (non-hydrogen) atoms. The number of carbonyl (C=O) groups excluding carboxylic acids is 1. The molecule has 0 aromatic carbocycles. The molecule has 0 bridgehead atoms. The van der Waals surface area contributed by atoms with Crippen LogP contribution in [0.4, 0.5) is 0 Å². The Balaban J connectivity index is 3.67. The van der Waals surface area contributed by atoms with Gasteiger partial charge in [0.15, 0.2) is 0 Å². The highest BCUT2D eigenvalue weighted by atomic mass is 16.5. The Morgan fingerprint density at radius 2 is 2.08 bits per heavy atom. The van der Waals surface area contributed by atoms with Crippen molar-refractivity contribution in [2.75, 3.05) is 6.61 Å². The second-order valence-corrected chi connectivity index (χ2v) is 3.33. The third kappa shape index (κ3) is 4.37. The van der Waals surface area contributed by atoms with Gasteiger partial charge in [0.05, 0.1) is 6.61 Å². The Kier molecular flexibility index (Phi) is 6.82. The number of hydrogen-bond donors (Lipinski definition) is 0. The van der Waals surface area contributed by atoms with Crippen molar-refractivity contribution >= 4 is 6.47 Å². The first kappa shape index (κ1) is 11.5. The van der Waals surface area contributed by atoms with Crippen LogP contribution in [0.15, 0.2) is 0 Å². The molecule has 0 aliphatic carbocycles. The molecule has 0 heterocycles. The fraction of sp³-hybridized carbons (Fsp3) is 0.900. The van der Waals surface area contributed by atoms with Crippen LogP contribution < -0.4 is 0 Å². The summed E-state index contributed by atoms with van der Waals surface area (Å²) in [6, 6.07) is 0. The van der Waals surface area contributed by atoms with Gasteiger partial charge in [-0.15, -0.1) is 0 Å². The first-order valence-electron chi connectivity index (χ1n) is 4.75. The lowest BCUT2D eigenvalue weighted by Gasteiger charge is -2.20. The van der Waals surface area contributed by atoms with Crippen molar-refractivity contribution in [2.45, 2.75) is 40.0 Å². The smallest absolute Gasteiger partial charge is 0.417 e. The van der Waals surface area contributed by atoms with Gasteiger partial charge in [0.1, 0.15) is 0 Å². The standard InChI is InChI=1S/C10H19O2/c1-4-6-10(5-2)9(3)7-12-8-11/h9-10H,4-7H2,1-3H3. The summed E-state index contributed by atoms with van der Waals surface area (Å²) in [5, 5.41) is 0. The number of hydrogen-bond acceptors (Lipinski definition) is 2. The average molecular weight is 171 g/mol. The van der Waals surface area contributed by atoms with E-state index in [4.69, 9.17) is 0 Å². The molecular weight excluding hydrogens is 152 g/mol. The zero-order valence-corrected chi connectivity index (χ0v) is 8.30. The van der Waals surface area contributed by atoms with Crippen molar-refractivity contribution in [3.8, 4) is 0 Å². The molecule has 0 rings (SSSR count). The van der Waals surface area contributed by atoms with Crippen LogP contribution in [-0.4, -0.2) is 13.1 Å². The molecule has 0 saturated carbocycles.